The molecule has 0 aliphatic heterocycles. The Labute approximate surface area is 170 Å². The highest BCUT2D eigenvalue weighted by molar-refractivity contribution is 5.92. The second kappa shape index (κ2) is 8.47. The number of halogens is 3. The molecule has 1 aromatic carbocycles. The van der Waals surface area contributed by atoms with E-state index < -0.39 is 41.4 Å². The number of aliphatic hydroxyl groups excluding tert-OH is 1. The third kappa shape index (κ3) is 4.81. The van der Waals surface area contributed by atoms with Gasteiger partial charge < -0.3 is 16.2 Å². The lowest BCUT2D eigenvalue weighted by Crippen LogP contribution is -2.38. The van der Waals surface area contributed by atoms with E-state index in [0.717, 1.165) is 29.7 Å². The minimum atomic E-state index is -4.56. The standard InChI is InChI=1S/C20H23F3N4O3/c1-11(12-8-13(20(21,22)23)10-14(24)9-12)25-19(30)15-6-7-18(29)27(26-15)16-4-2-3-5-17(16)28/h6-11,16-17,28H,2-5,24H2,1H3,(H,25,30)/t11-,16-,17-/m1/s1. The molecule has 7 nitrogen and oxygen atoms in total. The number of hydrogen-bond donors (Lipinski definition) is 3. The fourth-order valence-electron chi connectivity index (χ4n) is 3.61. The maximum absolute atomic E-state index is 13.0. The van der Waals surface area contributed by atoms with Gasteiger partial charge in [-0.15, -0.1) is 0 Å². The maximum Gasteiger partial charge on any atom is 0.416 e. The van der Waals surface area contributed by atoms with Crippen LogP contribution in [0, 0.1) is 0 Å². The van der Waals surface area contributed by atoms with Gasteiger partial charge in [0.1, 0.15) is 5.69 Å². The summed E-state index contributed by atoms with van der Waals surface area (Å²) in [5, 5.41) is 16.9. The number of hydrogen-bond acceptors (Lipinski definition) is 5. The van der Waals surface area contributed by atoms with E-state index in [1.165, 1.54) is 25.1 Å². The summed E-state index contributed by atoms with van der Waals surface area (Å²) in [4.78, 5) is 24.8. The lowest BCUT2D eigenvalue weighted by atomic mass is 9.93. The molecule has 1 heterocycles. The third-order valence-electron chi connectivity index (χ3n) is 5.22. The molecule has 1 amide bonds. The first-order valence-electron chi connectivity index (χ1n) is 9.62. The first kappa shape index (κ1) is 21.8. The third-order valence-corrected chi connectivity index (χ3v) is 5.22. The molecule has 1 saturated carbocycles. The van der Waals surface area contributed by atoms with Crippen molar-refractivity contribution >= 4 is 11.6 Å². The SMILES string of the molecule is C[C@@H](NC(=O)c1ccc(=O)n([C@@H]2CCCC[C@H]2O)n1)c1cc(N)cc(C(F)(F)F)c1. The summed E-state index contributed by atoms with van der Waals surface area (Å²) in [5.74, 6) is -0.655. The number of nitrogen functional groups attached to an aromatic ring is 1. The molecule has 1 aliphatic carbocycles. The molecule has 0 saturated heterocycles. The molecule has 3 atom stereocenters. The van der Waals surface area contributed by atoms with Crippen LogP contribution in [0.25, 0.3) is 0 Å². The topological polar surface area (TPSA) is 110 Å². The Kier molecular flexibility index (Phi) is 6.16. The van der Waals surface area contributed by atoms with Crippen LogP contribution in [0.1, 0.15) is 66.3 Å². The van der Waals surface area contributed by atoms with Gasteiger partial charge in [0.2, 0.25) is 0 Å². The highest BCUT2D eigenvalue weighted by atomic mass is 19.4. The predicted molar refractivity (Wildman–Crippen MR) is 104 cm³/mol. The number of nitrogens with zero attached hydrogens (tertiary/aromatic N) is 2. The van der Waals surface area contributed by atoms with E-state index in [4.69, 9.17) is 5.73 Å². The molecule has 1 aromatic heterocycles. The maximum atomic E-state index is 13.0. The van der Waals surface area contributed by atoms with Gasteiger partial charge in [0.25, 0.3) is 11.5 Å². The zero-order valence-electron chi connectivity index (χ0n) is 16.3. The molecule has 0 unspecified atom stereocenters. The Morgan fingerprint density at radius 1 is 1.27 bits per heavy atom. The fraction of sp³-hybridized carbons (Fsp3) is 0.450. The van der Waals surface area contributed by atoms with Crippen LogP contribution < -0.4 is 16.6 Å². The van der Waals surface area contributed by atoms with Crippen LogP contribution in [0.3, 0.4) is 0 Å². The number of carbonyl (C=O) groups excluding carboxylic acids is 1. The highest BCUT2D eigenvalue weighted by Crippen LogP contribution is 2.32. The summed E-state index contributed by atoms with van der Waals surface area (Å²) < 4.78 is 40.2. The van der Waals surface area contributed by atoms with Gasteiger partial charge in [-0.2, -0.15) is 18.3 Å². The fourth-order valence-corrected chi connectivity index (χ4v) is 3.61. The molecule has 2 aromatic rings. The minimum absolute atomic E-state index is 0.0702. The second-order valence-electron chi connectivity index (χ2n) is 7.50. The minimum Gasteiger partial charge on any atom is -0.399 e. The number of nitrogens with two attached hydrogens (primary N) is 1. The van der Waals surface area contributed by atoms with E-state index in [0.29, 0.717) is 12.8 Å². The average molecular weight is 424 g/mol. The predicted octanol–water partition coefficient (Wildman–Crippen LogP) is 2.81. The zero-order chi connectivity index (χ0) is 22.1. The van der Waals surface area contributed by atoms with Gasteiger partial charge in [0, 0.05) is 11.8 Å². The Morgan fingerprint density at radius 3 is 2.63 bits per heavy atom. The molecule has 0 bridgehead atoms. The van der Waals surface area contributed by atoms with Crippen LogP contribution in [0.2, 0.25) is 0 Å². The normalized spacial score (nSPS) is 20.6. The quantitative estimate of drug-likeness (QED) is 0.654. The van der Waals surface area contributed by atoms with Crippen LogP contribution >= 0.6 is 0 Å². The first-order valence-corrected chi connectivity index (χ1v) is 9.62. The zero-order valence-corrected chi connectivity index (χ0v) is 16.3. The highest BCUT2D eigenvalue weighted by Gasteiger charge is 2.32. The van der Waals surface area contributed by atoms with E-state index in [1.54, 1.807) is 0 Å². The number of amides is 1. The molecule has 0 spiro atoms. The molecule has 1 aliphatic rings. The van der Waals surface area contributed by atoms with Crippen molar-refractivity contribution in [2.45, 2.75) is 57.0 Å². The molecular weight excluding hydrogens is 401 g/mol. The molecule has 1 fully saturated rings. The molecule has 4 N–H and O–H groups in total. The largest absolute Gasteiger partial charge is 0.416 e. The Morgan fingerprint density at radius 2 is 1.97 bits per heavy atom. The number of aliphatic hydroxyl groups is 1. The summed E-state index contributed by atoms with van der Waals surface area (Å²) in [6, 6.07) is 4.24. The number of aromatic nitrogens is 2. The second-order valence-corrected chi connectivity index (χ2v) is 7.50. The van der Waals surface area contributed by atoms with Gasteiger partial charge >= 0.3 is 6.18 Å². The van der Waals surface area contributed by atoms with E-state index in [1.807, 2.05) is 0 Å². The molecule has 10 heteroatoms. The molecule has 162 valence electrons. The molecule has 3 rings (SSSR count). The van der Waals surface area contributed by atoms with Crippen molar-refractivity contribution in [1.82, 2.24) is 15.1 Å². The Bertz CT molecular complexity index is 990. The van der Waals surface area contributed by atoms with Crippen molar-refractivity contribution in [1.29, 1.82) is 0 Å². The van der Waals surface area contributed by atoms with Crippen LogP contribution in [0.4, 0.5) is 18.9 Å². The van der Waals surface area contributed by atoms with Crippen molar-refractivity contribution in [3.05, 3.63) is 57.5 Å². The van der Waals surface area contributed by atoms with Crippen LogP contribution in [0.5, 0.6) is 0 Å². The van der Waals surface area contributed by atoms with E-state index >= 15 is 0 Å². The van der Waals surface area contributed by atoms with Crippen molar-refractivity contribution in [3.8, 4) is 0 Å². The van der Waals surface area contributed by atoms with Crippen LogP contribution in [-0.4, -0.2) is 26.9 Å². The van der Waals surface area contributed by atoms with Crippen LogP contribution in [-0.2, 0) is 6.18 Å². The van der Waals surface area contributed by atoms with E-state index in [-0.39, 0.29) is 16.9 Å². The first-order chi connectivity index (χ1) is 14.1. The van der Waals surface area contributed by atoms with Crippen molar-refractivity contribution in [2.75, 3.05) is 5.73 Å². The lowest BCUT2D eigenvalue weighted by molar-refractivity contribution is -0.137. The Hall–Kier alpha value is -2.88. The number of carbonyl (C=O) groups is 1. The monoisotopic (exact) mass is 424 g/mol. The lowest BCUT2D eigenvalue weighted by Gasteiger charge is -2.28. The van der Waals surface area contributed by atoms with Gasteiger partial charge in [-0.1, -0.05) is 12.8 Å². The summed E-state index contributed by atoms with van der Waals surface area (Å²) in [5.41, 5.74) is 4.29. The van der Waals surface area contributed by atoms with Crippen molar-refractivity contribution in [3.63, 3.8) is 0 Å². The van der Waals surface area contributed by atoms with E-state index in [2.05, 4.69) is 10.4 Å². The van der Waals surface area contributed by atoms with Gasteiger partial charge in [0.05, 0.1) is 23.8 Å². The van der Waals surface area contributed by atoms with Gasteiger partial charge in [-0.25, -0.2) is 4.68 Å². The number of rotatable bonds is 4. The number of nitrogens with one attached hydrogen (secondary N) is 1. The molecule has 30 heavy (non-hydrogen) atoms. The van der Waals surface area contributed by atoms with Crippen molar-refractivity contribution < 1.29 is 23.1 Å². The molecular formula is C20H23F3N4O3. The number of anilines is 1. The van der Waals surface area contributed by atoms with Gasteiger partial charge in [0.15, 0.2) is 0 Å². The Balaban J connectivity index is 1.82. The summed E-state index contributed by atoms with van der Waals surface area (Å²) >= 11 is 0. The average Bonchev–Trinajstić information content (AvgIpc) is 2.67. The van der Waals surface area contributed by atoms with Gasteiger partial charge in [-0.3, -0.25) is 9.59 Å². The smallest absolute Gasteiger partial charge is 0.399 e. The summed E-state index contributed by atoms with van der Waals surface area (Å²) in [7, 11) is 0. The number of benzene rings is 1. The van der Waals surface area contributed by atoms with Gasteiger partial charge in [-0.05, 0) is 49.6 Å². The van der Waals surface area contributed by atoms with E-state index in [9.17, 15) is 27.9 Å². The van der Waals surface area contributed by atoms with Crippen molar-refractivity contribution in [2.24, 2.45) is 0 Å². The summed E-state index contributed by atoms with van der Waals surface area (Å²) in [6.45, 7) is 1.52. The molecule has 0 radical (unpaired) electrons. The number of alkyl halides is 3. The summed E-state index contributed by atoms with van der Waals surface area (Å²) in [6.07, 6.45) is -2.49. The van der Waals surface area contributed by atoms with Crippen LogP contribution in [0.15, 0.2) is 35.1 Å².